The van der Waals surface area contributed by atoms with Gasteiger partial charge >= 0.3 is 0 Å². The van der Waals surface area contributed by atoms with Crippen molar-refractivity contribution in [2.45, 2.75) is 44.5 Å². The van der Waals surface area contributed by atoms with Gasteiger partial charge in [-0.05, 0) is 31.9 Å². The van der Waals surface area contributed by atoms with Gasteiger partial charge in [0.25, 0.3) is 5.91 Å². The highest BCUT2D eigenvalue weighted by molar-refractivity contribution is 6.30. The Labute approximate surface area is 205 Å². The van der Waals surface area contributed by atoms with Gasteiger partial charge in [0.1, 0.15) is 12.4 Å². The molecule has 4 rings (SSSR count). The number of nitrogens with one attached hydrogen (secondary N) is 1. The molecule has 1 aliphatic rings. The summed E-state index contributed by atoms with van der Waals surface area (Å²) < 4.78 is 15.5. The van der Waals surface area contributed by atoms with E-state index in [0.717, 1.165) is 0 Å². The highest BCUT2D eigenvalue weighted by Gasteiger charge is 2.43. The molecule has 184 valence electrons. The number of amides is 3. The molecule has 9 nitrogen and oxygen atoms in total. The molecule has 0 radical (unpaired) electrons. The molecule has 0 atom stereocenters. The summed E-state index contributed by atoms with van der Waals surface area (Å²) in [6, 6.07) is 11.0. The first-order valence-corrected chi connectivity index (χ1v) is 11.4. The lowest BCUT2D eigenvalue weighted by Gasteiger charge is -2.46. The molecule has 1 aliphatic carbocycles. The van der Waals surface area contributed by atoms with E-state index in [0.29, 0.717) is 23.7 Å². The van der Waals surface area contributed by atoms with Crippen LogP contribution < -0.4 is 11.1 Å². The third kappa shape index (κ3) is 5.28. The molecule has 11 heteroatoms. The van der Waals surface area contributed by atoms with Crippen molar-refractivity contribution in [3.63, 3.8) is 0 Å². The first kappa shape index (κ1) is 24.6. The predicted molar refractivity (Wildman–Crippen MR) is 127 cm³/mol. The van der Waals surface area contributed by atoms with E-state index < -0.39 is 29.1 Å². The van der Waals surface area contributed by atoms with Crippen LogP contribution in [0.3, 0.4) is 0 Å². The van der Waals surface area contributed by atoms with Crippen LogP contribution in [-0.4, -0.2) is 55.7 Å². The van der Waals surface area contributed by atoms with Crippen molar-refractivity contribution in [2.24, 2.45) is 5.73 Å². The number of para-hydroxylation sites is 1. The number of hydrogen-bond donors (Lipinski definition) is 3. The normalized spacial score (nSPS) is 19.3. The number of hydrogen-bond acceptors (Lipinski definition) is 5. The van der Waals surface area contributed by atoms with Crippen LogP contribution in [0, 0.1) is 5.82 Å². The SMILES string of the molecule is C[C@]1(O)C[C@H](N(CC(=O)NCc2cccc(Cl)c2F)C(=O)Cn2nc(C(N)=O)c3ccccc32)C1. The van der Waals surface area contributed by atoms with Gasteiger partial charge in [-0.15, -0.1) is 0 Å². The second kappa shape index (κ2) is 9.63. The molecule has 1 aromatic heterocycles. The second-order valence-electron chi connectivity index (χ2n) is 8.96. The minimum absolute atomic E-state index is 0.0489. The molecule has 0 bridgehead atoms. The third-order valence-electron chi connectivity index (χ3n) is 6.11. The van der Waals surface area contributed by atoms with Gasteiger partial charge in [0.05, 0.1) is 22.7 Å². The van der Waals surface area contributed by atoms with Crippen molar-refractivity contribution in [1.29, 1.82) is 0 Å². The molecule has 0 spiro atoms. The van der Waals surface area contributed by atoms with Crippen LogP contribution in [0.15, 0.2) is 42.5 Å². The van der Waals surface area contributed by atoms with Gasteiger partial charge in [-0.2, -0.15) is 5.10 Å². The summed E-state index contributed by atoms with van der Waals surface area (Å²) in [5.41, 5.74) is 5.32. The Bertz CT molecular complexity index is 1300. The van der Waals surface area contributed by atoms with E-state index in [9.17, 15) is 23.9 Å². The van der Waals surface area contributed by atoms with Crippen molar-refractivity contribution in [2.75, 3.05) is 6.54 Å². The van der Waals surface area contributed by atoms with Crippen LogP contribution in [0.25, 0.3) is 10.9 Å². The highest BCUT2D eigenvalue weighted by atomic mass is 35.5. The van der Waals surface area contributed by atoms with E-state index in [2.05, 4.69) is 10.4 Å². The number of rotatable bonds is 8. The van der Waals surface area contributed by atoms with Gasteiger partial charge in [-0.3, -0.25) is 19.1 Å². The highest BCUT2D eigenvalue weighted by Crippen LogP contribution is 2.35. The zero-order valence-corrected chi connectivity index (χ0v) is 19.8. The number of carbonyl (C=O) groups excluding carboxylic acids is 3. The number of aromatic nitrogens is 2. The van der Waals surface area contributed by atoms with Crippen molar-refractivity contribution >= 4 is 40.2 Å². The average molecular weight is 502 g/mol. The summed E-state index contributed by atoms with van der Waals surface area (Å²) in [6.07, 6.45) is 0.614. The largest absolute Gasteiger partial charge is 0.390 e. The van der Waals surface area contributed by atoms with E-state index in [1.165, 1.54) is 21.7 Å². The van der Waals surface area contributed by atoms with Crippen LogP contribution in [-0.2, 0) is 22.7 Å². The molecule has 3 amide bonds. The van der Waals surface area contributed by atoms with E-state index in [4.69, 9.17) is 17.3 Å². The third-order valence-corrected chi connectivity index (χ3v) is 6.40. The number of fused-ring (bicyclic) bond motifs is 1. The molecular formula is C24H25ClFN5O4. The summed E-state index contributed by atoms with van der Waals surface area (Å²) in [4.78, 5) is 39.2. The Morgan fingerprint density at radius 1 is 1.26 bits per heavy atom. The number of primary amides is 1. The monoisotopic (exact) mass is 501 g/mol. The molecule has 1 fully saturated rings. The van der Waals surface area contributed by atoms with Crippen LogP contribution in [0.4, 0.5) is 4.39 Å². The maximum atomic E-state index is 14.1. The van der Waals surface area contributed by atoms with Crippen molar-refractivity contribution < 1.29 is 23.9 Å². The molecule has 3 aromatic rings. The standard InChI is InChI=1S/C24H25ClFN5O4/c1-24(35)9-15(10-24)30(12-19(32)28-11-14-5-4-7-17(25)21(14)26)20(33)13-31-18-8-3-2-6-16(18)22(29-31)23(27)34/h2-8,15,35H,9-13H2,1H3,(H2,27,34)(H,28,32)/t15-,24-. The van der Waals surface area contributed by atoms with Crippen LogP contribution in [0.2, 0.25) is 5.02 Å². The number of nitrogens with zero attached hydrogens (tertiary/aromatic N) is 3. The van der Waals surface area contributed by atoms with Gasteiger partial charge in [0.15, 0.2) is 5.69 Å². The topological polar surface area (TPSA) is 131 Å². The summed E-state index contributed by atoms with van der Waals surface area (Å²) in [5.74, 6) is -2.24. The fourth-order valence-corrected chi connectivity index (χ4v) is 4.53. The van der Waals surface area contributed by atoms with E-state index in [-0.39, 0.29) is 42.0 Å². The number of nitrogens with two attached hydrogens (primary N) is 1. The van der Waals surface area contributed by atoms with Gasteiger partial charge in [0, 0.05) is 23.5 Å². The summed E-state index contributed by atoms with van der Waals surface area (Å²) in [5, 5.41) is 17.5. The van der Waals surface area contributed by atoms with Gasteiger partial charge < -0.3 is 21.1 Å². The predicted octanol–water partition coefficient (Wildman–Crippen LogP) is 1.99. The molecule has 1 saturated carbocycles. The Kier molecular flexibility index (Phi) is 6.77. The lowest BCUT2D eigenvalue weighted by Crippen LogP contribution is -2.58. The smallest absolute Gasteiger partial charge is 0.269 e. The van der Waals surface area contributed by atoms with E-state index in [1.807, 2.05) is 0 Å². The van der Waals surface area contributed by atoms with E-state index >= 15 is 0 Å². The maximum Gasteiger partial charge on any atom is 0.269 e. The Morgan fingerprint density at radius 2 is 1.97 bits per heavy atom. The first-order valence-electron chi connectivity index (χ1n) is 11.0. The zero-order chi connectivity index (χ0) is 25.3. The van der Waals surface area contributed by atoms with Gasteiger partial charge in [-0.1, -0.05) is 41.9 Å². The molecule has 1 heterocycles. The second-order valence-corrected chi connectivity index (χ2v) is 9.37. The van der Waals surface area contributed by atoms with Gasteiger partial charge in [-0.25, -0.2) is 4.39 Å². The number of benzene rings is 2. The van der Waals surface area contributed by atoms with Crippen LogP contribution in [0.1, 0.15) is 35.8 Å². The minimum atomic E-state index is -0.929. The maximum absolute atomic E-state index is 14.1. The van der Waals surface area contributed by atoms with Gasteiger partial charge in [0.2, 0.25) is 11.8 Å². The summed E-state index contributed by atoms with van der Waals surface area (Å²) in [7, 11) is 0. The Hall–Kier alpha value is -3.50. The number of carbonyl (C=O) groups is 3. The Morgan fingerprint density at radius 3 is 2.66 bits per heavy atom. The molecule has 4 N–H and O–H groups in total. The van der Waals surface area contributed by atoms with Crippen LogP contribution >= 0.6 is 11.6 Å². The quantitative estimate of drug-likeness (QED) is 0.434. The molecule has 0 unspecified atom stereocenters. The fraction of sp³-hybridized carbons (Fsp3) is 0.333. The van der Waals surface area contributed by atoms with Crippen molar-refractivity contribution in [1.82, 2.24) is 20.0 Å². The molecule has 2 aromatic carbocycles. The Balaban J connectivity index is 1.50. The van der Waals surface area contributed by atoms with Crippen molar-refractivity contribution in [3.05, 3.63) is 64.6 Å². The zero-order valence-electron chi connectivity index (χ0n) is 19.0. The van der Waals surface area contributed by atoms with Crippen LogP contribution in [0.5, 0.6) is 0 Å². The first-order chi connectivity index (χ1) is 16.6. The minimum Gasteiger partial charge on any atom is -0.390 e. The van der Waals surface area contributed by atoms with Crippen molar-refractivity contribution in [3.8, 4) is 0 Å². The molecule has 0 saturated heterocycles. The fourth-order valence-electron chi connectivity index (χ4n) is 4.34. The number of aliphatic hydroxyl groups is 1. The van der Waals surface area contributed by atoms with E-state index in [1.54, 1.807) is 37.3 Å². The lowest BCUT2D eigenvalue weighted by molar-refractivity contribution is -0.148. The lowest BCUT2D eigenvalue weighted by atomic mass is 9.76. The molecular weight excluding hydrogens is 477 g/mol. The molecule has 0 aliphatic heterocycles. The molecule has 35 heavy (non-hydrogen) atoms. The summed E-state index contributed by atoms with van der Waals surface area (Å²) in [6.45, 7) is 1.04. The summed E-state index contributed by atoms with van der Waals surface area (Å²) >= 11 is 5.79. The number of halogens is 2. The average Bonchev–Trinajstić information content (AvgIpc) is 3.15.